The average molecular weight is 390 g/mol. The van der Waals surface area contributed by atoms with E-state index in [0.717, 1.165) is 0 Å². The lowest BCUT2D eigenvalue weighted by molar-refractivity contribution is -0.186. The molecule has 8 heteroatoms. The molecule has 0 unspecified atom stereocenters. The molecule has 5 nitrogen and oxygen atoms in total. The Kier molecular flexibility index (Phi) is 5.48. The molecule has 0 aliphatic carbocycles. The van der Waals surface area contributed by atoms with Crippen molar-refractivity contribution in [2.45, 2.75) is 25.1 Å². The number of benzene rings is 2. The van der Waals surface area contributed by atoms with Crippen LogP contribution in [0.5, 0.6) is 0 Å². The van der Waals surface area contributed by atoms with Crippen molar-refractivity contribution in [2.75, 3.05) is 11.9 Å². The van der Waals surface area contributed by atoms with Crippen molar-refractivity contribution in [1.82, 2.24) is 4.90 Å². The van der Waals surface area contributed by atoms with Gasteiger partial charge in [-0.2, -0.15) is 13.2 Å². The highest BCUT2D eigenvalue weighted by Gasteiger charge is 2.47. The molecule has 1 aliphatic heterocycles. The van der Waals surface area contributed by atoms with Crippen molar-refractivity contribution in [3.05, 3.63) is 65.7 Å². The van der Waals surface area contributed by atoms with Crippen LogP contribution in [0.3, 0.4) is 0 Å². The normalized spacial score (nSPS) is 16.7. The van der Waals surface area contributed by atoms with Crippen LogP contribution in [-0.4, -0.2) is 41.3 Å². The maximum absolute atomic E-state index is 12.8. The van der Waals surface area contributed by atoms with Gasteiger partial charge in [-0.05, 0) is 25.0 Å². The Balaban J connectivity index is 1.82. The summed E-state index contributed by atoms with van der Waals surface area (Å²) in [6.45, 7) is -0.138. The maximum Gasteiger partial charge on any atom is 0.471 e. The van der Waals surface area contributed by atoms with Gasteiger partial charge in [-0.25, -0.2) is 0 Å². The number of carbonyl (C=O) groups excluding carboxylic acids is 3. The molecule has 2 amide bonds. The summed E-state index contributed by atoms with van der Waals surface area (Å²) in [5.41, 5.74) is 0.820. The molecule has 2 aromatic rings. The van der Waals surface area contributed by atoms with Crippen molar-refractivity contribution in [2.24, 2.45) is 0 Å². The fourth-order valence-corrected chi connectivity index (χ4v) is 3.20. The molecule has 1 aliphatic rings. The number of alkyl halides is 3. The van der Waals surface area contributed by atoms with Gasteiger partial charge in [0, 0.05) is 17.7 Å². The van der Waals surface area contributed by atoms with Crippen LogP contribution in [0.4, 0.5) is 18.9 Å². The van der Waals surface area contributed by atoms with Crippen molar-refractivity contribution >= 4 is 23.3 Å². The number of nitrogens with zero attached hydrogens (tertiary/aromatic N) is 1. The lowest BCUT2D eigenvalue weighted by Gasteiger charge is -2.25. The molecule has 0 radical (unpaired) electrons. The summed E-state index contributed by atoms with van der Waals surface area (Å²) in [5, 5.41) is 2.52. The molecule has 1 N–H and O–H groups in total. The second-order valence-corrected chi connectivity index (χ2v) is 6.38. The zero-order chi connectivity index (χ0) is 20.3. The monoisotopic (exact) mass is 390 g/mol. The van der Waals surface area contributed by atoms with Crippen molar-refractivity contribution in [1.29, 1.82) is 0 Å². The Labute approximate surface area is 159 Å². The van der Waals surface area contributed by atoms with Crippen LogP contribution in [-0.2, 0) is 9.59 Å². The van der Waals surface area contributed by atoms with Gasteiger partial charge < -0.3 is 10.2 Å². The fraction of sp³-hybridized carbons (Fsp3) is 0.250. The molecule has 1 atom stereocenters. The number of hydrogen-bond acceptors (Lipinski definition) is 3. The third-order valence-corrected chi connectivity index (χ3v) is 4.52. The van der Waals surface area contributed by atoms with Crippen LogP contribution < -0.4 is 5.32 Å². The van der Waals surface area contributed by atoms with Gasteiger partial charge in [-0.15, -0.1) is 0 Å². The summed E-state index contributed by atoms with van der Waals surface area (Å²) in [6, 6.07) is 13.4. The predicted octanol–water partition coefficient (Wildman–Crippen LogP) is 3.41. The number of para-hydroxylation sites is 1. The van der Waals surface area contributed by atoms with Gasteiger partial charge in [-0.1, -0.05) is 42.5 Å². The van der Waals surface area contributed by atoms with Crippen LogP contribution in [0, 0.1) is 0 Å². The van der Waals surface area contributed by atoms with Gasteiger partial charge in [0.1, 0.15) is 6.04 Å². The Bertz CT molecular complexity index is 897. The van der Waals surface area contributed by atoms with E-state index in [0.29, 0.717) is 16.9 Å². The van der Waals surface area contributed by atoms with Gasteiger partial charge >= 0.3 is 12.1 Å². The summed E-state index contributed by atoms with van der Waals surface area (Å²) in [5.74, 6) is -3.10. The van der Waals surface area contributed by atoms with E-state index in [1.165, 1.54) is 12.1 Å². The van der Waals surface area contributed by atoms with Gasteiger partial charge in [0.25, 0.3) is 0 Å². The van der Waals surface area contributed by atoms with E-state index in [2.05, 4.69) is 5.32 Å². The summed E-state index contributed by atoms with van der Waals surface area (Å²) < 4.78 is 38.3. The van der Waals surface area contributed by atoms with E-state index in [-0.39, 0.29) is 30.0 Å². The summed E-state index contributed by atoms with van der Waals surface area (Å²) in [7, 11) is 0. The molecular formula is C20H17F3N2O3. The Morgan fingerprint density at radius 3 is 2.29 bits per heavy atom. The predicted molar refractivity (Wildman–Crippen MR) is 95.7 cm³/mol. The number of anilines is 1. The molecular weight excluding hydrogens is 373 g/mol. The van der Waals surface area contributed by atoms with Crippen molar-refractivity contribution < 1.29 is 27.6 Å². The molecule has 1 heterocycles. The topological polar surface area (TPSA) is 66.5 Å². The zero-order valence-electron chi connectivity index (χ0n) is 14.7. The first kappa shape index (κ1) is 19.6. The number of ketones is 1. The van der Waals surface area contributed by atoms with Crippen molar-refractivity contribution in [3.8, 4) is 0 Å². The average Bonchev–Trinajstić information content (AvgIpc) is 3.17. The minimum absolute atomic E-state index is 0.127. The number of nitrogens with one attached hydrogen (secondary N) is 1. The number of amides is 2. The summed E-state index contributed by atoms with van der Waals surface area (Å²) in [4.78, 5) is 37.4. The van der Waals surface area contributed by atoms with Crippen molar-refractivity contribution in [3.63, 3.8) is 0 Å². The van der Waals surface area contributed by atoms with Gasteiger partial charge in [0.05, 0.1) is 5.69 Å². The van der Waals surface area contributed by atoms with E-state index in [1.807, 2.05) is 0 Å². The van der Waals surface area contributed by atoms with Crippen LogP contribution >= 0.6 is 0 Å². The van der Waals surface area contributed by atoms with E-state index >= 15 is 0 Å². The molecule has 0 aromatic heterocycles. The number of rotatable bonds is 4. The Morgan fingerprint density at radius 2 is 1.61 bits per heavy atom. The van der Waals surface area contributed by atoms with Gasteiger partial charge in [-0.3, -0.25) is 14.4 Å². The molecule has 28 heavy (non-hydrogen) atoms. The second kappa shape index (κ2) is 7.84. The van der Waals surface area contributed by atoms with Crippen LogP contribution in [0.1, 0.15) is 28.8 Å². The highest BCUT2D eigenvalue weighted by Crippen LogP contribution is 2.27. The molecule has 0 saturated carbocycles. The molecule has 0 bridgehead atoms. The number of halogens is 3. The first-order valence-corrected chi connectivity index (χ1v) is 8.66. The highest BCUT2D eigenvalue weighted by molar-refractivity contribution is 6.14. The first-order valence-electron chi connectivity index (χ1n) is 8.66. The molecule has 1 fully saturated rings. The maximum atomic E-state index is 12.8. The quantitative estimate of drug-likeness (QED) is 0.814. The van der Waals surface area contributed by atoms with E-state index < -0.39 is 24.0 Å². The minimum Gasteiger partial charge on any atom is -0.324 e. The van der Waals surface area contributed by atoms with Crippen LogP contribution in [0.25, 0.3) is 0 Å². The van der Waals surface area contributed by atoms with Gasteiger partial charge in [0.15, 0.2) is 5.78 Å². The largest absolute Gasteiger partial charge is 0.471 e. The summed E-state index contributed by atoms with van der Waals surface area (Å²) >= 11 is 0. The molecule has 3 rings (SSSR count). The van der Waals surface area contributed by atoms with Crippen LogP contribution in [0.2, 0.25) is 0 Å². The Morgan fingerprint density at radius 1 is 0.964 bits per heavy atom. The van der Waals surface area contributed by atoms with E-state index in [4.69, 9.17) is 0 Å². The first-order chi connectivity index (χ1) is 13.3. The smallest absolute Gasteiger partial charge is 0.324 e. The fourth-order valence-electron chi connectivity index (χ4n) is 3.20. The zero-order valence-corrected chi connectivity index (χ0v) is 14.7. The van der Waals surface area contributed by atoms with E-state index in [9.17, 15) is 27.6 Å². The molecule has 146 valence electrons. The Hall–Kier alpha value is -3.16. The lowest BCUT2D eigenvalue weighted by Crippen LogP contribution is -2.48. The summed E-state index contributed by atoms with van der Waals surface area (Å²) in [6.07, 6.45) is -4.61. The molecule has 2 aromatic carbocycles. The number of carbonyl (C=O) groups is 3. The second-order valence-electron chi connectivity index (χ2n) is 6.38. The molecule has 1 saturated heterocycles. The lowest BCUT2D eigenvalue weighted by atomic mass is 10.0. The highest BCUT2D eigenvalue weighted by atomic mass is 19.4. The number of hydrogen-bond donors (Lipinski definition) is 1. The SMILES string of the molecule is O=C(c1ccccc1)c1ccccc1NC(=O)[C@H]1CCCN1C(=O)C(F)(F)F. The van der Waals surface area contributed by atoms with E-state index in [1.54, 1.807) is 42.5 Å². The van der Waals surface area contributed by atoms with Crippen LogP contribution in [0.15, 0.2) is 54.6 Å². The minimum atomic E-state index is -5.04. The third-order valence-electron chi connectivity index (χ3n) is 4.52. The standard InChI is InChI=1S/C20H17F3N2O3/c21-20(22,23)19(28)25-12-6-11-16(25)18(27)24-15-10-5-4-9-14(15)17(26)13-7-2-1-3-8-13/h1-5,7-10,16H,6,11-12H2,(H,24,27)/t16-/m1/s1. The third kappa shape index (κ3) is 4.05. The molecule has 0 spiro atoms. The number of likely N-dealkylation sites (tertiary alicyclic amines) is 1. The van der Waals surface area contributed by atoms with Gasteiger partial charge in [0.2, 0.25) is 5.91 Å².